The lowest BCUT2D eigenvalue weighted by Crippen LogP contribution is -2.54. The maximum Gasteiger partial charge on any atom is 0.317 e. The number of nitrogens with one attached hydrogen (secondary N) is 5. The first-order valence-corrected chi connectivity index (χ1v) is 44.1. The average molecular weight is 1790 g/mol. The van der Waals surface area contributed by atoms with Crippen molar-refractivity contribution in [2.75, 3.05) is 188 Å². The zero-order chi connectivity index (χ0) is 91.0. The minimum atomic E-state index is -1.01. The Kier molecular flexibility index (Phi) is 29.2. The van der Waals surface area contributed by atoms with Crippen molar-refractivity contribution >= 4 is 105 Å². The minimum Gasteiger partial charge on any atom is -0.480 e. The van der Waals surface area contributed by atoms with Gasteiger partial charge in [0.25, 0.3) is 23.6 Å². The number of amides is 9. The van der Waals surface area contributed by atoms with Crippen LogP contribution in [0.1, 0.15) is 116 Å². The third-order valence-corrected chi connectivity index (χ3v) is 24.0. The van der Waals surface area contributed by atoms with Gasteiger partial charge in [0.05, 0.1) is 124 Å². The van der Waals surface area contributed by atoms with E-state index in [-0.39, 0.29) is 90.7 Å². The molecule has 4 atom stereocenters. The first kappa shape index (κ1) is 90.6. The summed E-state index contributed by atoms with van der Waals surface area (Å²) in [6.07, 6.45) is 7.85. The second-order valence-corrected chi connectivity index (χ2v) is 32.6. The van der Waals surface area contributed by atoms with Crippen molar-refractivity contribution in [2.24, 2.45) is 5.73 Å². The van der Waals surface area contributed by atoms with Crippen LogP contribution in [0.3, 0.4) is 0 Å². The molecule has 0 bridgehead atoms. The number of benzene rings is 4. The number of halogens is 2. The van der Waals surface area contributed by atoms with Crippen LogP contribution < -0.4 is 51.9 Å². The van der Waals surface area contributed by atoms with Gasteiger partial charge < -0.3 is 65.3 Å². The number of hydrogen-bond donors (Lipinski definition) is 7. The van der Waals surface area contributed by atoms with E-state index in [4.69, 9.17) is 50.0 Å². The molecule has 18 rings (SSSR count). The number of pyridine rings is 2. The zero-order valence-corrected chi connectivity index (χ0v) is 72.1. The van der Waals surface area contributed by atoms with Crippen molar-refractivity contribution in [3.05, 3.63) is 203 Å². The number of aliphatic carboxylic acids is 1. The SMILES string of the molecule is NCCOCCOCCNc1ccc2c(c1)C(=O)N(C1CCC(=O)NC1=O)C2=O.O=C(CN1CCN(c2cccc(-c3cnc4ccc(N5CCC[C@@H]5c5cccc(F)c5)nn34)n2)CC1)NCCOCCOCCNc1ccc2c(c1)C(=O)N(C1CCC(=O)NC1=O)C2=O.O=C(O)CN1CCN(c2cccc(-c3cnc4ccc(N5CCC[C@@H]5c5cccc(F)c5)nn34)n2)CC1. The Labute approximate surface area is 751 Å². The van der Waals surface area contributed by atoms with Gasteiger partial charge in [-0.3, -0.25) is 78.2 Å². The van der Waals surface area contributed by atoms with Crippen LogP contribution in [0.4, 0.5) is 43.4 Å². The highest BCUT2D eigenvalue weighted by Crippen LogP contribution is 2.39. The molecule has 0 spiro atoms. The van der Waals surface area contributed by atoms with E-state index in [1.807, 2.05) is 86.7 Å². The number of rotatable bonds is 33. The van der Waals surface area contributed by atoms with Crippen LogP contribution in [0.25, 0.3) is 34.1 Å². The van der Waals surface area contributed by atoms with Gasteiger partial charge >= 0.3 is 5.97 Å². The molecule has 14 heterocycles. The molecule has 0 aliphatic carbocycles. The smallest absolute Gasteiger partial charge is 0.317 e. The van der Waals surface area contributed by atoms with E-state index >= 15 is 0 Å². The zero-order valence-electron chi connectivity index (χ0n) is 72.1. The van der Waals surface area contributed by atoms with E-state index in [1.165, 1.54) is 12.1 Å². The molecule has 6 fully saturated rings. The number of nitrogens with zero attached hydrogens (tertiary/aromatic N) is 16. The molecule has 4 aromatic carbocycles. The molecule has 39 heteroatoms. The summed E-state index contributed by atoms with van der Waals surface area (Å²) in [4.78, 5) is 156. The number of carboxylic acid groups (broad SMARTS) is 1. The van der Waals surface area contributed by atoms with Crippen LogP contribution in [-0.2, 0) is 47.7 Å². The summed E-state index contributed by atoms with van der Waals surface area (Å²) in [5.41, 5.74) is 14.0. The molecular weight excluding hydrogens is 1690 g/mol. The number of fused-ring (bicyclic) bond motifs is 4. The predicted molar refractivity (Wildman–Crippen MR) is 477 cm³/mol. The van der Waals surface area contributed by atoms with E-state index in [0.717, 1.165) is 124 Å². The summed E-state index contributed by atoms with van der Waals surface area (Å²) in [5.74, 6) is -2.26. The predicted octanol–water partition coefficient (Wildman–Crippen LogP) is 6.03. The van der Waals surface area contributed by atoms with Gasteiger partial charge in [0, 0.05) is 116 Å². The quantitative estimate of drug-likeness (QED) is 0.0182. The summed E-state index contributed by atoms with van der Waals surface area (Å²) in [5, 5.41) is 32.6. The van der Waals surface area contributed by atoms with E-state index in [9.17, 15) is 56.7 Å². The molecule has 10 aromatic rings. The fraction of sp³-hybridized carbons (Fsp3) is 0.391. The number of imidazole rings is 2. The van der Waals surface area contributed by atoms with Crippen molar-refractivity contribution in [1.82, 2.24) is 74.7 Å². The van der Waals surface area contributed by atoms with Crippen LogP contribution >= 0.6 is 0 Å². The fourth-order valence-corrected chi connectivity index (χ4v) is 17.5. The Hall–Kier alpha value is -13.7. The molecule has 9 amide bonds. The van der Waals surface area contributed by atoms with Crippen LogP contribution in [-0.4, -0.2) is 293 Å². The Morgan fingerprint density at radius 3 is 1.31 bits per heavy atom. The number of nitrogens with two attached hydrogens (primary N) is 1. The second-order valence-electron chi connectivity index (χ2n) is 32.6. The van der Waals surface area contributed by atoms with Crippen molar-refractivity contribution in [2.45, 2.75) is 75.5 Å². The van der Waals surface area contributed by atoms with Crippen molar-refractivity contribution in [3.8, 4) is 22.8 Å². The van der Waals surface area contributed by atoms with Crippen LogP contribution in [0.15, 0.2) is 158 Å². The maximum absolute atomic E-state index is 14.1. The van der Waals surface area contributed by atoms with Gasteiger partial charge in [-0.1, -0.05) is 36.4 Å². The molecule has 684 valence electrons. The molecule has 0 saturated carbocycles. The summed E-state index contributed by atoms with van der Waals surface area (Å²) >= 11 is 0. The molecule has 6 aromatic heterocycles. The molecular formula is C92H102F2N22O15. The topological polar surface area (TPSA) is 426 Å². The standard InChI is InChI=1S/C46H50FN11O7.C27H28FN7O2.C19H24N4O6/c47-31-5-1-4-30(26-31)36-7-3-17-56(36)41-13-12-39-50-28-38(58(39)53-41)35-6-2-8-40(51-35)55-20-18-54(19-21-55)29-43(60)49-16-23-65-25-24-64-22-15-48-32-9-10-33-34(27-32)46(63)57(45(33)62)37-11-14-42(59)52-44(37)61;28-20-5-1-4-19(16-20)22-7-3-11-34(22)26-10-9-24-29-17-23(35(24)31-26)21-6-2-8-25(30-21)33-14-12-32(13-15-33)18-27(36)37;20-5-7-28-9-10-29-8-6-21-12-1-2-13-14(11-12)19(27)23(18(13)26)15-3-4-16(24)22-17(15)25/h1-2,4-6,8-10,12-13,26-28,36-37,48H,3,7,11,14-25,29H2,(H,49,60)(H,52,59,61);1-2,4-6,8-10,16-17,22H,3,7,11-15,18H2,(H,36,37);1-2,11,15,21H,3-10,20H2,(H,22,24,25)/t36-,37?;22-;/m11./s1. The molecule has 131 heavy (non-hydrogen) atoms. The van der Waals surface area contributed by atoms with Crippen molar-refractivity contribution in [3.63, 3.8) is 0 Å². The molecule has 0 radical (unpaired) electrons. The van der Waals surface area contributed by atoms with E-state index in [0.29, 0.717) is 135 Å². The largest absolute Gasteiger partial charge is 0.480 e. The highest BCUT2D eigenvalue weighted by atomic mass is 19.1. The Balaban J connectivity index is 0.000000159. The van der Waals surface area contributed by atoms with Gasteiger partial charge in [-0.05, 0) is 159 Å². The summed E-state index contributed by atoms with van der Waals surface area (Å²) in [6.45, 7) is 12.8. The Bertz CT molecular complexity index is 5890. The van der Waals surface area contributed by atoms with Crippen LogP contribution in [0, 0.1) is 11.6 Å². The molecule has 8 aliphatic heterocycles. The third kappa shape index (κ3) is 21.6. The number of carbonyl (C=O) groups is 10. The highest BCUT2D eigenvalue weighted by Gasteiger charge is 2.47. The number of anilines is 6. The normalized spacial score (nSPS) is 18.8. The van der Waals surface area contributed by atoms with E-state index in [1.54, 1.807) is 73.1 Å². The molecule has 8 aliphatic rings. The summed E-state index contributed by atoms with van der Waals surface area (Å²) < 4.78 is 53.6. The molecule has 8 N–H and O–H groups in total. The molecule has 6 saturated heterocycles. The first-order chi connectivity index (χ1) is 63.8. The number of piperazine rings is 2. The fourth-order valence-electron chi connectivity index (χ4n) is 17.5. The van der Waals surface area contributed by atoms with Crippen molar-refractivity contribution in [1.29, 1.82) is 0 Å². The Morgan fingerprint density at radius 1 is 0.443 bits per heavy atom. The Morgan fingerprint density at radius 2 is 0.870 bits per heavy atom. The number of piperidine rings is 2. The van der Waals surface area contributed by atoms with Crippen LogP contribution in [0.2, 0.25) is 0 Å². The number of carboxylic acids is 1. The summed E-state index contributed by atoms with van der Waals surface area (Å²) in [6, 6.07) is 41.2. The monoisotopic (exact) mass is 1790 g/mol. The van der Waals surface area contributed by atoms with Crippen LogP contribution in [0.5, 0.6) is 0 Å². The number of aromatic nitrogens is 8. The van der Waals surface area contributed by atoms with Gasteiger partial charge in [-0.2, -0.15) is 0 Å². The third-order valence-electron chi connectivity index (χ3n) is 24.0. The molecule has 37 nitrogen and oxygen atoms in total. The maximum atomic E-state index is 14.1. The van der Waals surface area contributed by atoms with Crippen molar-refractivity contribution < 1.29 is 80.8 Å². The van der Waals surface area contributed by atoms with Gasteiger partial charge in [0.15, 0.2) is 11.3 Å². The average Bonchev–Trinajstić information content (AvgIpc) is 1.58. The van der Waals surface area contributed by atoms with E-state index < -0.39 is 65.3 Å². The summed E-state index contributed by atoms with van der Waals surface area (Å²) in [7, 11) is 0. The second kappa shape index (κ2) is 42.2. The number of ether oxygens (including phenoxy) is 4. The number of carbonyl (C=O) groups excluding carboxylic acids is 9. The number of imide groups is 4. The minimum absolute atomic E-state index is 0.0470. The highest BCUT2D eigenvalue weighted by molar-refractivity contribution is 6.25. The van der Waals surface area contributed by atoms with E-state index in [2.05, 4.69) is 61.1 Å². The lowest BCUT2D eigenvalue weighted by Gasteiger charge is -2.35. The van der Waals surface area contributed by atoms with Gasteiger partial charge in [-0.25, -0.2) is 37.7 Å². The van der Waals surface area contributed by atoms with Gasteiger partial charge in [0.1, 0.15) is 58.4 Å². The lowest BCUT2D eigenvalue weighted by molar-refractivity contribution is -0.139. The molecule has 2 unspecified atom stereocenters. The lowest BCUT2D eigenvalue weighted by atomic mass is 10.0. The number of hydrogen-bond acceptors (Lipinski definition) is 29. The first-order valence-electron chi connectivity index (χ1n) is 44.1. The van der Waals surface area contributed by atoms with Gasteiger partial charge in [-0.15, -0.1) is 10.2 Å². The van der Waals surface area contributed by atoms with Gasteiger partial charge in [0.2, 0.25) is 29.5 Å².